The first-order chi connectivity index (χ1) is 14.3. The van der Waals surface area contributed by atoms with Crippen molar-refractivity contribution < 1.29 is 19.3 Å². The molecule has 0 spiro atoms. The zero-order chi connectivity index (χ0) is 20.3. The first kappa shape index (κ1) is 22.3. The fourth-order valence-electron chi connectivity index (χ4n) is 4.38. The zero-order valence-electron chi connectivity index (χ0n) is 17.9. The smallest absolute Gasteiger partial charge is 0.165 e. The van der Waals surface area contributed by atoms with Gasteiger partial charge < -0.3 is 24.6 Å². The van der Waals surface area contributed by atoms with Crippen LogP contribution in [0.5, 0.6) is 11.5 Å². The van der Waals surface area contributed by atoms with Crippen LogP contribution in [-0.2, 0) is 11.3 Å². The van der Waals surface area contributed by atoms with Gasteiger partial charge in [0.2, 0.25) is 0 Å². The molecule has 1 aliphatic heterocycles. The normalized spacial score (nSPS) is 19.4. The molecule has 0 amide bonds. The zero-order valence-corrected chi connectivity index (χ0v) is 17.9. The highest BCUT2D eigenvalue weighted by Gasteiger charge is 2.18. The van der Waals surface area contributed by atoms with E-state index in [4.69, 9.17) is 14.2 Å². The fourth-order valence-corrected chi connectivity index (χ4v) is 4.38. The molecule has 0 aromatic heterocycles. The van der Waals surface area contributed by atoms with Crippen molar-refractivity contribution in [3.8, 4) is 11.5 Å². The Bertz CT molecular complexity index is 586. The molecule has 0 radical (unpaired) electrons. The third-order valence-corrected chi connectivity index (χ3v) is 6.03. The Morgan fingerprint density at radius 1 is 1.24 bits per heavy atom. The van der Waals surface area contributed by atoms with Crippen LogP contribution in [0.3, 0.4) is 0 Å². The number of β-amino-alcohol motifs (C(OH)–C–C–N with tert-alkyl or cyclic N) is 1. The van der Waals surface area contributed by atoms with E-state index in [1.807, 2.05) is 12.1 Å². The number of hydrogen-bond donors (Lipinski definition) is 2. The number of hydrogen-bond acceptors (Lipinski definition) is 6. The second kappa shape index (κ2) is 12.4. The molecule has 6 heteroatoms. The molecular weight excluding hydrogens is 368 g/mol. The van der Waals surface area contributed by atoms with Crippen molar-refractivity contribution in [2.24, 2.45) is 5.92 Å². The first-order valence-electron chi connectivity index (χ1n) is 11.2. The van der Waals surface area contributed by atoms with E-state index in [1.165, 1.54) is 38.5 Å². The van der Waals surface area contributed by atoms with E-state index in [0.29, 0.717) is 12.3 Å². The van der Waals surface area contributed by atoms with Crippen molar-refractivity contribution in [1.82, 2.24) is 10.2 Å². The highest BCUT2D eigenvalue weighted by atomic mass is 16.5. The minimum absolute atomic E-state index is 0.256. The molecule has 3 rings (SSSR count). The summed E-state index contributed by atoms with van der Waals surface area (Å²) in [6.45, 7) is 5.82. The van der Waals surface area contributed by atoms with Gasteiger partial charge in [0.1, 0.15) is 12.7 Å². The van der Waals surface area contributed by atoms with Gasteiger partial charge >= 0.3 is 0 Å². The number of methoxy groups -OCH3 is 1. The third kappa shape index (κ3) is 7.45. The Morgan fingerprint density at radius 3 is 2.79 bits per heavy atom. The van der Waals surface area contributed by atoms with Gasteiger partial charge in [-0.1, -0.05) is 37.8 Å². The average molecular weight is 407 g/mol. The van der Waals surface area contributed by atoms with Gasteiger partial charge in [-0.3, -0.25) is 4.90 Å². The molecule has 1 atom stereocenters. The largest absolute Gasteiger partial charge is 0.493 e. The molecule has 164 valence electrons. The van der Waals surface area contributed by atoms with E-state index in [2.05, 4.69) is 16.3 Å². The van der Waals surface area contributed by atoms with Crippen LogP contribution in [0.2, 0.25) is 0 Å². The Labute approximate surface area is 175 Å². The monoisotopic (exact) mass is 406 g/mol. The Balaban J connectivity index is 1.44. The topological polar surface area (TPSA) is 63.2 Å². The third-order valence-electron chi connectivity index (χ3n) is 6.03. The van der Waals surface area contributed by atoms with Crippen molar-refractivity contribution in [3.63, 3.8) is 0 Å². The average Bonchev–Trinajstić information content (AvgIpc) is 3.26. The minimum Gasteiger partial charge on any atom is -0.493 e. The van der Waals surface area contributed by atoms with Crippen molar-refractivity contribution in [2.45, 2.75) is 51.2 Å². The van der Waals surface area contributed by atoms with Crippen molar-refractivity contribution >= 4 is 0 Å². The van der Waals surface area contributed by atoms with Crippen LogP contribution in [0.1, 0.15) is 44.1 Å². The van der Waals surface area contributed by atoms with E-state index < -0.39 is 6.10 Å². The quantitative estimate of drug-likeness (QED) is 0.521. The van der Waals surface area contributed by atoms with Crippen molar-refractivity contribution in [3.05, 3.63) is 23.8 Å². The van der Waals surface area contributed by atoms with Crippen LogP contribution < -0.4 is 14.8 Å². The number of rotatable bonds is 12. The predicted molar refractivity (Wildman–Crippen MR) is 115 cm³/mol. The maximum Gasteiger partial charge on any atom is 0.165 e. The number of morpholine rings is 1. The standard InChI is InChI=1S/C23H38N2O4/c1-27-22-10-4-9-20(16-24-11-5-8-19-6-2-3-7-19)23(22)29-18-21(26)17-25-12-14-28-15-13-25/h4,9-10,19,21,24,26H,2-3,5-8,11-18H2,1H3/t21-/m0/s1. The van der Waals surface area contributed by atoms with E-state index >= 15 is 0 Å². The molecule has 1 saturated carbocycles. The number of aliphatic hydroxyl groups is 1. The molecule has 2 aliphatic rings. The van der Waals surface area contributed by atoms with Gasteiger partial charge in [-0.25, -0.2) is 0 Å². The van der Waals surface area contributed by atoms with Crippen LogP contribution in [0.25, 0.3) is 0 Å². The number of ether oxygens (including phenoxy) is 3. The van der Waals surface area contributed by atoms with E-state index in [-0.39, 0.29) is 6.61 Å². The second-order valence-corrected chi connectivity index (χ2v) is 8.30. The lowest BCUT2D eigenvalue weighted by Gasteiger charge is -2.28. The SMILES string of the molecule is COc1cccc(CNCCCC2CCCC2)c1OC[C@@H](O)CN1CCOCC1. The molecular formula is C23H38N2O4. The summed E-state index contributed by atoms with van der Waals surface area (Å²) in [4.78, 5) is 2.21. The van der Waals surface area contributed by atoms with Gasteiger partial charge in [0.25, 0.3) is 0 Å². The van der Waals surface area contributed by atoms with E-state index in [0.717, 1.165) is 56.6 Å². The van der Waals surface area contributed by atoms with E-state index in [9.17, 15) is 5.11 Å². The van der Waals surface area contributed by atoms with Gasteiger partial charge in [0.15, 0.2) is 11.5 Å². The number of aliphatic hydroxyl groups excluding tert-OH is 1. The lowest BCUT2D eigenvalue weighted by molar-refractivity contribution is 0.00436. The number of para-hydroxylation sites is 1. The van der Waals surface area contributed by atoms with Gasteiger partial charge in [0, 0.05) is 31.7 Å². The number of benzene rings is 1. The highest BCUT2D eigenvalue weighted by Crippen LogP contribution is 2.31. The molecule has 6 nitrogen and oxygen atoms in total. The van der Waals surface area contributed by atoms with Crippen molar-refractivity contribution in [2.75, 3.05) is 53.1 Å². The lowest BCUT2D eigenvalue weighted by Crippen LogP contribution is -2.42. The minimum atomic E-state index is -0.537. The predicted octanol–water partition coefficient (Wildman–Crippen LogP) is 2.83. The van der Waals surface area contributed by atoms with Crippen LogP contribution in [0.4, 0.5) is 0 Å². The molecule has 1 heterocycles. The van der Waals surface area contributed by atoms with Gasteiger partial charge in [-0.2, -0.15) is 0 Å². The molecule has 29 heavy (non-hydrogen) atoms. The summed E-state index contributed by atoms with van der Waals surface area (Å²) in [5, 5.41) is 14.0. The van der Waals surface area contributed by atoms with Gasteiger partial charge in [0.05, 0.1) is 20.3 Å². The van der Waals surface area contributed by atoms with Crippen LogP contribution in [0, 0.1) is 5.92 Å². The summed E-state index contributed by atoms with van der Waals surface area (Å²) in [7, 11) is 1.66. The summed E-state index contributed by atoms with van der Waals surface area (Å²) in [6, 6.07) is 5.97. The Morgan fingerprint density at radius 2 is 2.03 bits per heavy atom. The van der Waals surface area contributed by atoms with Crippen LogP contribution in [-0.4, -0.2) is 69.2 Å². The van der Waals surface area contributed by atoms with E-state index in [1.54, 1.807) is 7.11 Å². The van der Waals surface area contributed by atoms with Gasteiger partial charge in [-0.05, 0) is 31.4 Å². The van der Waals surface area contributed by atoms with Gasteiger partial charge in [-0.15, -0.1) is 0 Å². The summed E-state index contributed by atoms with van der Waals surface area (Å²) in [6.07, 6.45) is 7.69. The number of nitrogens with zero attached hydrogens (tertiary/aromatic N) is 1. The Hall–Kier alpha value is -1.34. The maximum absolute atomic E-state index is 10.4. The molecule has 1 aromatic carbocycles. The second-order valence-electron chi connectivity index (χ2n) is 8.30. The summed E-state index contributed by atoms with van der Waals surface area (Å²) in [5.74, 6) is 2.40. The van der Waals surface area contributed by atoms with Crippen LogP contribution in [0.15, 0.2) is 18.2 Å². The molecule has 1 aromatic rings. The summed E-state index contributed by atoms with van der Waals surface area (Å²) < 4.78 is 16.9. The molecule has 2 fully saturated rings. The Kier molecular flexibility index (Phi) is 9.54. The molecule has 1 aliphatic carbocycles. The molecule has 2 N–H and O–H groups in total. The van der Waals surface area contributed by atoms with Crippen LogP contribution >= 0.6 is 0 Å². The fraction of sp³-hybridized carbons (Fsp3) is 0.739. The first-order valence-corrected chi connectivity index (χ1v) is 11.2. The molecule has 0 bridgehead atoms. The summed E-state index contributed by atoms with van der Waals surface area (Å²) in [5.41, 5.74) is 1.07. The maximum atomic E-state index is 10.4. The molecule has 1 saturated heterocycles. The summed E-state index contributed by atoms with van der Waals surface area (Å²) >= 11 is 0. The highest BCUT2D eigenvalue weighted by molar-refractivity contribution is 5.46. The molecule has 0 unspecified atom stereocenters. The lowest BCUT2D eigenvalue weighted by atomic mass is 10.0. The van der Waals surface area contributed by atoms with Crippen molar-refractivity contribution in [1.29, 1.82) is 0 Å². The number of nitrogens with one attached hydrogen (secondary N) is 1.